The van der Waals surface area contributed by atoms with E-state index < -0.39 is 15.9 Å². The van der Waals surface area contributed by atoms with Gasteiger partial charge in [-0.3, -0.25) is 4.79 Å². The number of benzene rings is 1. The highest BCUT2D eigenvalue weighted by atomic mass is 35.5. The van der Waals surface area contributed by atoms with E-state index in [0.717, 1.165) is 60.2 Å². The van der Waals surface area contributed by atoms with Gasteiger partial charge in [-0.2, -0.15) is 0 Å². The predicted octanol–water partition coefficient (Wildman–Crippen LogP) is 4.91. The summed E-state index contributed by atoms with van der Waals surface area (Å²) in [6.07, 6.45) is 6.56. The first-order valence-electron chi connectivity index (χ1n) is 11.2. The number of fused-ring (bicyclic) bond motifs is 1. The highest BCUT2D eigenvalue weighted by Gasteiger charge is 2.55. The van der Waals surface area contributed by atoms with E-state index in [1.165, 1.54) is 6.07 Å². The number of nitrogens with one attached hydrogen (secondary N) is 1. The number of furan rings is 1. The Morgan fingerprint density at radius 1 is 1.18 bits per heavy atom. The number of nitrogens with zero attached hydrogens (tertiary/aromatic N) is 1. The fraction of sp³-hybridized carbons (Fsp3) is 0.478. The zero-order valence-electron chi connectivity index (χ0n) is 17.8. The first kappa shape index (κ1) is 21.6. The molecule has 0 atom stereocenters. The molecule has 0 bridgehead atoms. The summed E-state index contributed by atoms with van der Waals surface area (Å²) in [5, 5.41) is 1.64. The minimum atomic E-state index is -3.79. The van der Waals surface area contributed by atoms with E-state index in [-0.39, 0.29) is 28.2 Å². The molecule has 6 rings (SSSR count). The lowest BCUT2D eigenvalue weighted by Gasteiger charge is -2.57. The van der Waals surface area contributed by atoms with Crippen LogP contribution in [0.1, 0.15) is 77.9 Å². The van der Waals surface area contributed by atoms with Crippen molar-refractivity contribution in [2.75, 3.05) is 0 Å². The van der Waals surface area contributed by atoms with Crippen molar-refractivity contribution in [2.45, 2.75) is 67.9 Å². The van der Waals surface area contributed by atoms with Crippen molar-refractivity contribution in [3.8, 4) is 0 Å². The Kier molecular flexibility index (Phi) is 4.93. The van der Waals surface area contributed by atoms with E-state index in [4.69, 9.17) is 26.7 Å². The molecular formula is C23H24ClN3O4S2. The molecule has 2 heterocycles. The number of rotatable bonds is 6. The molecule has 3 aliphatic rings. The Balaban J connectivity index is 1.15. The molecule has 0 unspecified atom stereocenters. The van der Waals surface area contributed by atoms with E-state index in [1.807, 2.05) is 18.2 Å². The van der Waals surface area contributed by atoms with Crippen LogP contribution in [0.3, 0.4) is 0 Å². The average Bonchev–Trinajstić information content (AvgIpc) is 3.27. The van der Waals surface area contributed by atoms with Gasteiger partial charge in [0, 0.05) is 28.6 Å². The standard InChI is InChI=1S/C23H24ClN3O4S2/c24-14-4-5-18-17(6-14)26-22(32-18)13-10-23(11-13)8-12(9-23)16-7-19(31-20(16)21(25)28)33(29,30)27-15-2-1-3-15/h4-7,12-13,15,27H,1-3,8-11H2,(H2,25,28). The lowest BCUT2D eigenvalue weighted by Crippen LogP contribution is -2.45. The van der Waals surface area contributed by atoms with Gasteiger partial charge >= 0.3 is 0 Å². The molecule has 3 fully saturated rings. The lowest BCUT2D eigenvalue weighted by atomic mass is 9.47. The summed E-state index contributed by atoms with van der Waals surface area (Å²) < 4.78 is 34.6. The van der Waals surface area contributed by atoms with Gasteiger partial charge in [0.15, 0.2) is 5.76 Å². The van der Waals surface area contributed by atoms with E-state index in [0.29, 0.717) is 16.5 Å². The summed E-state index contributed by atoms with van der Waals surface area (Å²) in [7, 11) is -3.79. The van der Waals surface area contributed by atoms with Gasteiger partial charge in [0.05, 0.1) is 15.2 Å². The second kappa shape index (κ2) is 7.53. The van der Waals surface area contributed by atoms with Crippen LogP contribution in [0.25, 0.3) is 10.2 Å². The van der Waals surface area contributed by atoms with Gasteiger partial charge in [-0.1, -0.05) is 18.0 Å². The average molecular weight is 506 g/mol. The molecule has 3 N–H and O–H groups in total. The van der Waals surface area contributed by atoms with E-state index in [1.54, 1.807) is 11.3 Å². The van der Waals surface area contributed by atoms with Crippen LogP contribution in [-0.4, -0.2) is 25.4 Å². The topological polar surface area (TPSA) is 115 Å². The highest BCUT2D eigenvalue weighted by Crippen LogP contribution is 2.67. The molecule has 174 valence electrons. The monoisotopic (exact) mass is 505 g/mol. The van der Waals surface area contributed by atoms with Crippen LogP contribution in [-0.2, 0) is 10.0 Å². The van der Waals surface area contributed by atoms with Crippen molar-refractivity contribution >= 4 is 49.1 Å². The smallest absolute Gasteiger partial charge is 0.284 e. The number of carbonyl (C=O) groups is 1. The van der Waals surface area contributed by atoms with Gasteiger partial charge < -0.3 is 10.2 Å². The first-order valence-corrected chi connectivity index (χ1v) is 13.9. The van der Waals surface area contributed by atoms with E-state index >= 15 is 0 Å². The Morgan fingerprint density at radius 2 is 1.91 bits per heavy atom. The number of aromatic nitrogens is 1. The molecule has 7 nitrogen and oxygen atoms in total. The molecule has 1 spiro atoms. The molecule has 0 aliphatic heterocycles. The van der Waals surface area contributed by atoms with Crippen molar-refractivity contribution in [2.24, 2.45) is 11.1 Å². The predicted molar refractivity (Wildman–Crippen MR) is 126 cm³/mol. The molecule has 0 saturated heterocycles. The normalized spacial score (nSPS) is 27.3. The van der Waals surface area contributed by atoms with Gasteiger partial charge in [-0.15, -0.1) is 11.3 Å². The highest BCUT2D eigenvalue weighted by molar-refractivity contribution is 7.89. The maximum Gasteiger partial charge on any atom is 0.284 e. The number of hydrogen-bond acceptors (Lipinski definition) is 6. The Bertz CT molecular complexity index is 1360. The number of thiazole rings is 1. The SMILES string of the molecule is NC(=O)c1oc(S(=O)(=O)NC2CCC2)cc1C1CC2(CC(c3nc4cc(Cl)ccc4s3)C2)C1. The molecular weight excluding hydrogens is 482 g/mol. The number of nitrogens with two attached hydrogens (primary N) is 1. The number of carbonyl (C=O) groups excluding carboxylic acids is 1. The molecule has 2 aromatic heterocycles. The number of halogens is 1. The second-order valence-corrected chi connectivity index (χ2v) is 13.0. The summed E-state index contributed by atoms with van der Waals surface area (Å²) in [6.45, 7) is 0. The molecule has 3 aliphatic carbocycles. The van der Waals surface area contributed by atoms with Crippen molar-refractivity contribution in [3.63, 3.8) is 0 Å². The third-order valence-corrected chi connectivity index (χ3v) is 10.3. The van der Waals surface area contributed by atoms with Crippen LogP contribution in [0, 0.1) is 5.41 Å². The zero-order chi connectivity index (χ0) is 23.0. The van der Waals surface area contributed by atoms with Crippen molar-refractivity contribution in [1.29, 1.82) is 0 Å². The minimum Gasteiger partial charge on any atom is -0.438 e. The maximum atomic E-state index is 12.7. The number of primary amides is 1. The quantitative estimate of drug-likeness (QED) is 0.493. The Labute approximate surface area is 200 Å². The molecule has 33 heavy (non-hydrogen) atoms. The summed E-state index contributed by atoms with van der Waals surface area (Å²) in [6, 6.07) is 7.26. The van der Waals surface area contributed by atoms with Gasteiger partial charge in [0.25, 0.3) is 15.9 Å². The largest absolute Gasteiger partial charge is 0.438 e. The van der Waals surface area contributed by atoms with Crippen LogP contribution < -0.4 is 10.5 Å². The fourth-order valence-corrected chi connectivity index (χ4v) is 8.09. The Morgan fingerprint density at radius 3 is 2.58 bits per heavy atom. The fourth-order valence-electron chi connectivity index (χ4n) is 5.61. The number of sulfonamides is 1. The lowest BCUT2D eigenvalue weighted by molar-refractivity contribution is -0.0116. The first-order chi connectivity index (χ1) is 15.7. The molecule has 1 amide bonds. The van der Waals surface area contributed by atoms with Crippen LogP contribution >= 0.6 is 22.9 Å². The van der Waals surface area contributed by atoms with E-state index in [2.05, 4.69) is 4.72 Å². The molecule has 0 radical (unpaired) electrons. The summed E-state index contributed by atoms with van der Waals surface area (Å²) in [5.41, 5.74) is 7.32. The van der Waals surface area contributed by atoms with Crippen LogP contribution in [0.5, 0.6) is 0 Å². The zero-order valence-corrected chi connectivity index (χ0v) is 20.2. The van der Waals surface area contributed by atoms with Crippen LogP contribution in [0.4, 0.5) is 0 Å². The third-order valence-electron chi connectivity index (χ3n) is 7.53. The third kappa shape index (κ3) is 3.69. The van der Waals surface area contributed by atoms with Gasteiger partial charge in [0.1, 0.15) is 0 Å². The molecule has 10 heteroatoms. The maximum absolute atomic E-state index is 12.7. The summed E-state index contributed by atoms with van der Waals surface area (Å²) in [5.74, 6) is -0.234. The van der Waals surface area contributed by atoms with Crippen molar-refractivity contribution < 1.29 is 17.6 Å². The molecule has 1 aromatic carbocycles. The van der Waals surface area contributed by atoms with Crippen molar-refractivity contribution in [1.82, 2.24) is 9.71 Å². The number of amides is 1. The molecule has 3 aromatic rings. The van der Waals surface area contributed by atoms with Gasteiger partial charge in [-0.05, 0) is 68.1 Å². The van der Waals surface area contributed by atoms with Crippen LogP contribution in [0.2, 0.25) is 5.02 Å². The number of hydrogen-bond donors (Lipinski definition) is 2. The van der Waals surface area contributed by atoms with Crippen molar-refractivity contribution in [3.05, 3.63) is 45.6 Å². The Hall–Kier alpha value is -1.94. The van der Waals surface area contributed by atoms with Gasteiger partial charge in [-0.25, -0.2) is 18.1 Å². The van der Waals surface area contributed by atoms with Gasteiger partial charge in [0.2, 0.25) is 5.09 Å². The second-order valence-electron chi connectivity index (χ2n) is 9.84. The summed E-state index contributed by atoms with van der Waals surface area (Å²) >= 11 is 7.82. The summed E-state index contributed by atoms with van der Waals surface area (Å²) in [4.78, 5) is 16.8. The van der Waals surface area contributed by atoms with E-state index in [9.17, 15) is 13.2 Å². The molecule has 3 saturated carbocycles. The van der Waals surface area contributed by atoms with Crippen LogP contribution in [0.15, 0.2) is 33.8 Å². The minimum absolute atomic E-state index is 0.0252.